The van der Waals surface area contributed by atoms with Crippen molar-refractivity contribution in [3.05, 3.63) is 59.3 Å². The number of pyridine rings is 1. The van der Waals surface area contributed by atoms with Gasteiger partial charge in [0.1, 0.15) is 5.82 Å². The molecule has 2 aromatic rings. The van der Waals surface area contributed by atoms with Gasteiger partial charge in [0.25, 0.3) is 5.91 Å². The Bertz CT molecular complexity index is 795. The number of hydrogen-bond donors (Lipinski definition) is 2. The van der Waals surface area contributed by atoms with Crippen LogP contribution in [0.25, 0.3) is 0 Å². The third-order valence-corrected chi connectivity index (χ3v) is 4.65. The maximum atomic E-state index is 12.0. The maximum absolute atomic E-state index is 12.0. The quantitative estimate of drug-likeness (QED) is 0.530. The molecule has 0 aliphatic heterocycles. The predicted molar refractivity (Wildman–Crippen MR) is 119 cm³/mol. The van der Waals surface area contributed by atoms with Crippen molar-refractivity contribution in [3.8, 4) is 0 Å². The van der Waals surface area contributed by atoms with E-state index in [1.807, 2.05) is 30.5 Å². The normalized spacial score (nSPS) is 11.1. The third-order valence-electron chi connectivity index (χ3n) is 4.65. The fraction of sp³-hybridized carbons (Fsp3) is 0.409. The summed E-state index contributed by atoms with van der Waals surface area (Å²) < 4.78 is 0. The van der Waals surface area contributed by atoms with Crippen LogP contribution < -0.4 is 15.5 Å². The average molecular weight is 397 g/mol. The van der Waals surface area contributed by atoms with Crippen LogP contribution in [0.3, 0.4) is 0 Å². The van der Waals surface area contributed by atoms with Crippen LogP contribution in [0.15, 0.2) is 47.6 Å². The highest BCUT2D eigenvalue weighted by molar-refractivity contribution is 5.93. The number of amides is 1. The summed E-state index contributed by atoms with van der Waals surface area (Å²) in [4.78, 5) is 24.6. The first-order valence-electron chi connectivity index (χ1n) is 9.93. The van der Waals surface area contributed by atoms with Crippen molar-refractivity contribution in [3.63, 3.8) is 0 Å². The summed E-state index contributed by atoms with van der Waals surface area (Å²) in [5, 5.41) is 6.59. The standard InChI is InChI=1S/C22H32N6O/c1-6-28(7-2)20-13-10-18(15-24-20)16-26-22(23-3)25-14-17-8-11-19(12-9-17)21(29)27(4)5/h8-13,15H,6-7,14,16H2,1-5H3,(H2,23,25,26). The molecule has 2 N–H and O–H groups in total. The Labute approximate surface area is 173 Å². The van der Waals surface area contributed by atoms with Crippen LogP contribution in [-0.4, -0.2) is 56.0 Å². The van der Waals surface area contributed by atoms with Gasteiger partial charge in [0.15, 0.2) is 5.96 Å². The molecule has 1 aromatic heterocycles. The van der Waals surface area contributed by atoms with E-state index in [0.29, 0.717) is 24.6 Å². The van der Waals surface area contributed by atoms with E-state index in [4.69, 9.17) is 0 Å². The molecule has 0 saturated carbocycles. The van der Waals surface area contributed by atoms with Crippen LogP contribution in [0.4, 0.5) is 5.82 Å². The molecular formula is C22H32N6O. The summed E-state index contributed by atoms with van der Waals surface area (Å²) >= 11 is 0. The number of nitrogens with one attached hydrogen (secondary N) is 2. The molecule has 0 radical (unpaired) electrons. The second-order valence-electron chi connectivity index (χ2n) is 6.87. The van der Waals surface area contributed by atoms with E-state index < -0.39 is 0 Å². The Balaban J connectivity index is 1.86. The third kappa shape index (κ3) is 6.48. The summed E-state index contributed by atoms with van der Waals surface area (Å²) in [5.74, 6) is 1.71. The van der Waals surface area contributed by atoms with Gasteiger partial charge in [-0.1, -0.05) is 18.2 Å². The molecule has 2 rings (SSSR count). The molecule has 0 aliphatic rings. The van der Waals surface area contributed by atoms with Gasteiger partial charge >= 0.3 is 0 Å². The van der Waals surface area contributed by atoms with Gasteiger partial charge in [0.05, 0.1) is 0 Å². The molecule has 0 aliphatic carbocycles. The molecule has 7 nitrogen and oxygen atoms in total. The molecule has 1 amide bonds. The molecule has 0 bridgehead atoms. The lowest BCUT2D eigenvalue weighted by molar-refractivity contribution is 0.0827. The summed E-state index contributed by atoms with van der Waals surface area (Å²) in [5.41, 5.74) is 2.85. The zero-order chi connectivity index (χ0) is 21.2. The smallest absolute Gasteiger partial charge is 0.253 e. The van der Waals surface area contributed by atoms with E-state index in [1.165, 1.54) is 0 Å². The Morgan fingerprint density at radius 3 is 2.03 bits per heavy atom. The first-order chi connectivity index (χ1) is 14.0. The first-order valence-corrected chi connectivity index (χ1v) is 9.93. The second-order valence-corrected chi connectivity index (χ2v) is 6.87. The van der Waals surface area contributed by atoms with Crippen LogP contribution in [0.1, 0.15) is 35.3 Å². The Morgan fingerprint density at radius 1 is 0.966 bits per heavy atom. The molecule has 1 heterocycles. The largest absolute Gasteiger partial charge is 0.357 e. The van der Waals surface area contributed by atoms with Crippen molar-refractivity contribution in [2.45, 2.75) is 26.9 Å². The van der Waals surface area contributed by atoms with Crippen LogP contribution in [0.2, 0.25) is 0 Å². The van der Waals surface area contributed by atoms with E-state index in [9.17, 15) is 4.79 Å². The van der Waals surface area contributed by atoms with Gasteiger partial charge in [-0.3, -0.25) is 9.79 Å². The Morgan fingerprint density at radius 2 is 1.55 bits per heavy atom. The topological polar surface area (TPSA) is 72.9 Å². The molecule has 0 fully saturated rings. The van der Waals surface area contributed by atoms with Crippen LogP contribution in [0.5, 0.6) is 0 Å². The summed E-state index contributed by atoms with van der Waals surface area (Å²) in [6.45, 7) is 7.41. The minimum absolute atomic E-state index is 0.00241. The van der Waals surface area contributed by atoms with Gasteiger partial charge in [-0.2, -0.15) is 0 Å². The monoisotopic (exact) mass is 396 g/mol. The highest BCUT2D eigenvalue weighted by Gasteiger charge is 2.07. The highest BCUT2D eigenvalue weighted by atomic mass is 16.2. The number of rotatable bonds is 8. The SMILES string of the molecule is CCN(CC)c1ccc(CNC(=NC)NCc2ccc(C(=O)N(C)C)cc2)cn1. The maximum Gasteiger partial charge on any atom is 0.253 e. The summed E-state index contributed by atoms with van der Waals surface area (Å²) in [7, 11) is 5.25. The lowest BCUT2D eigenvalue weighted by Gasteiger charge is -2.19. The lowest BCUT2D eigenvalue weighted by Crippen LogP contribution is -2.36. The van der Waals surface area contributed by atoms with E-state index in [1.54, 1.807) is 26.0 Å². The summed E-state index contributed by atoms with van der Waals surface area (Å²) in [6, 6.07) is 11.7. The van der Waals surface area contributed by atoms with Gasteiger partial charge in [-0.15, -0.1) is 0 Å². The fourth-order valence-corrected chi connectivity index (χ4v) is 2.87. The minimum atomic E-state index is 0.00241. The first kappa shape index (κ1) is 22.2. The zero-order valence-electron chi connectivity index (χ0n) is 18.1. The molecular weight excluding hydrogens is 364 g/mol. The molecule has 0 atom stereocenters. The number of anilines is 1. The molecule has 7 heteroatoms. The number of hydrogen-bond acceptors (Lipinski definition) is 4. The van der Waals surface area contributed by atoms with Gasteiger partial charge in [-0.05, 0) is 43.2 Å². The van der Waals surface area contributed by atoms with Crippen molar-refractivity contribution in [2.24, 2.45) is 4.99 Å². The van der Waals surface area contributed by atoms with Crippen LogP contribution in [0, 0.1) is 0 Å². The molecule has 1 aromatic carbocycles. The number of guanidine groups is 1. The van der Waals surface area contributed by atoms with Crippen molar-refractivity contribution >= 4 is 17.7 Å². The number of carbonyl (C=O) groups is 1. The highest BCUT2D eigenvalue weighted by Crippen LogP contribution is 2.11. The summed E-state index contributed by atoms with van der Waals surface area (Å²) in [6.07, 6.45) is 1.90. The van der Waals surface area contributed by atoms with Gasteiger partial charge in [-0.25, -0.2) is 4.98 Å². The number of aliphatic imine (C=N–C) groups is 1. The van der Waals surface area contributed by atoms with Crippen LogP contribution >= 0.6 is 0 Å². The number of carbonyl (C=O) groups excluding carboxylic acids is 1. The van der Waals surface area contributed by atoms with Crippen molar-refractivity contribution < 1.29 is 4.79 Å². The van der Waals surface area contributed by atoms with Crippen molar-refractivity contribution in [2.75, 3.05) is 39.1 Å². The van der Waals surface area contributed by atoms with E-state index in [2.05, 4.69) is 51.5 Å². The van der Waals surface area contributed by atoms with Crippen molar-refractivity contribution in [1.29, 1.82) is 0 Å². The lowest BCUT2D eigenvalue weighted by atomic mass is 10.1. The van der Waals surface area contributed by atoms with E-state index in [-0.39, 0.29) is 5.91 Å². The molecule has 29 heavy (non-hydrogen) atoms. The fourth-order valence-electron chi connectivity index (χ4n) is 2.87. The van der Waals surface area contributed by atoms with E-state index >= 15 is 0 Å². The minimum Gasteiger partial charge on any atom is -0.357 e. The molecule has 0 spiro atoms. The van der Waals surface area contributed by atoms with Gasteiger partial charge < -0.3 is 20.4 Å². The predicted octanol–water partition coefficient (Wildman–Crippen LogP) is 2.49. The van der Waals surface area contributed by atoms with Crippen molar-refractivity contribution in [1.82, 2.24) is 20.5 Å². The van der Waals surface area contributed by atoms with Crippen LogP contribution in [-0.2, 0) is 13.1 Å². The number of aromatic nitrogens is 1. The Hall–Kier alpha value is -3.09. The molecule has 0 saturated heterocycles. The zero-order valence-corrected chi connectivity index (χ0v) is 18.1. The van der Waals surface area contributed by atoms with E-state index in [0.717, 1.165) is 30.0 Å². The number of nitrogens with zero attached hydrogens (tertiary/aromatic N) is 4. The molecule has 156 valence electrons. The molecule has 0 unspecified atom stereocenters. The number of benzene rings is 1. The second kappa shape index (κ2) is 11.0. The Kier molecular flexibility index (Phi) is 8.45. The van der Waals surface area contributed by atoms with Gasteiger partial charge in [0, 0.05) is 59.1 Å². The van der Waals surface area contributed by atoms with Gasteiger partial charge in [0.2, 0.25) is 0 Å². The average Bonchev–Trinajstić information content (AvgIpc) is 2.75.